The fourth-order valence-electron chi connectivity index (χ4n) is 1.81. The van der Waals surface area contributed by atoms with Crippen LogP contribution in [0.3, 0.4) is 0 Å². The maximum absolute atomic E-state index is 3.42. The van der Waals surface area contributed by atoms with Crippen LogP contribution in [0.4, 0.5) is 0 Å². The SMILES string of the molecule is CC12CC=CN1CCNC2. The van der Waals surface area contributed by atoms with Gasteiger partial charge in [0.05, 0.1) is 5.54 Å². The van der Waals surface area contributed by atoms with Crippen molar-refractivity contribution in [3.8, 4) is 0 Å². The molecule has 0 aromatic carbocycles. The number of hydrogen-bond acceptors (Lipinski definition) is 2. The van der Waals surface area contributed by atoms with Crippen molar-refractivity contribution in [3.63, 3.8) is 0 Å². The second kappa shape index (κ2) is 1.99. The van der Waals surface area contributed by atoms with E-state index in [4.69, 9.17) is 0 Å². The highest BCUT2D eigenvalue weighted by Gasteiger charge is 2.33. The molecule has 2 nitrogen and oxygen atoms in total. The summed E-state index contributed by atoms with van der Waals surface area (Å²) in [5, 5.41) is 3.42. The van der Waals surface area contributed by atoms with Crippen molar-refractivity contribution < 1.29 is 0 Å². The molecule has 2 heterocycles. The Hall–Kier alpha value is -0.500. The van der Waals surface area contributed by atoms with Gasteiger partial charge in [0.25, 0.3) is 0 Å². The molecule has 1 atom stereocenters. The summed E-state index contributed by atoms with van der Waals surface area (Å²) in [6, 6.07) is 0. The molecule has 0 aromatic rings. The number of piperazine rings is 1. The van der Waals surface area contributed by atoms with E-state index in [0.717, 1.165) is 13.1 Å². The highest BCUT2D eigenvalue weighted by Crippen LogP contribution is 2.27. The summed E-state index contributed by atoms with van der Waals surface area (Å²) in [7, 11) is 0. The molecule has 0 aromatic heterocycles. The van der Waals surface area contributed by atoms with Gasteiger partial charge >= 0.3 is 0 Å². The molecule has 1 unspecified atom stereocenters. The van der Waals surface area contributed by atoms with Gasteiger partial charge in [-0.15, -0.1) is 0 Å². The minimum absolute atomic E-state index is 0.401. The van der Waals surface area contributed by atoms with E-state index in [9.17, 15) is 0 Å². The Bertz CT molecular complexity index is 165. The molecule has 1 saturated heterocycles. The average Bonchev–Trinajstić information content (AvgIpc) is 2.29. The van der Waals surface area contributed by atoms with Crippen LogP contribution >= 0.6 is 0 Å². The van der Waals surface area contributed by atoms with Crippen LogP contribution in [0.15, 0.2) is 12.3 Å². The van der Waals surface area contributed by atoms with E-state index in [1.165, 1.54) is 13.0 Å². The summed E-state index contributed by atoms with van der Waals surface area (Å²) >= 11 is 0. The number of rotatable bonds is 0. The Balaban J connectivity index is 2.15. The van der Waals surface area contributed by atoms with Crippen LogP contribution in [0.25, 0.3) is 0 Å². The molecule has 2 aliphatic heterocycles. The van der Waals surface area contributed by atoms with Crippen LogP contribution < -0.4 is 5.32 Å². The molecule has 2 aliphatic rings. The summed E-state index contributed by atoms with van der Waals surface area (Å²) < 4.78 is 0. The maximum Gasteiger partial charge on any atom is 0.0528 e. The van der Waals surface area contributed by atoms with Crippen molar-refractivity contribution in [3.05, 3.63) is 12.3 Å². The van der Waals surface area contributed by atoms with E-state index in [1.807, 2.05) is 0 Å². The van der Waals surface area contributed by atoms with E-state index >= 15 is 0 Å². The molecule has 0 spiro atoms. The van der Waals surface area contributed by atoms with Crippen LogP contribution in [-0.2, 0) is 0 Å². The Morgan fingerprint density at radius 3 is 3.30 bits per heavy atom. The topological polar surface area (TPSA) is 15.3 Å². The van der Waals surface area contributed by atoms with Gasteiger partial charge in [0.2, 0.25) is 0 Å². The fourth-order valence-corrected chi connectivity index (χ4v) is 1.81. The Kier molecular flexibility index (Phi) is 1.24. The predicted molar refractivity (Wildman–Crippen MR) is 41.7 cm³/mol. The van der Waals surface area contributed by atoms with Crippen LogP contribution in [0.1, 0.15) is 13.3 Å². The van der Waals surface area contributed by atoms with Gasteiger partial charge in [-0.3, -0.25) is 0 Å². The van der Waals surface area contributed by atoms with Crippen LogP contribution in [0.5, 0.6) is 0 Å². The van der Waals surface area contributed by atoms with Crippen molar-refractivity contribution >= 4 is 0 Å². The summed E-state index contributed by atoms with van der Waals surface area (Å²) in [6.45, 7) is 5.77. The van der Waals surface area contributed by atoms with E-state index in [2.05, 4.69) is 29.4 Å². The van der Waals surface area contributed by atoms with Gasteiger partial charge in [-0.05, 0) is 19.5 Å². The van der Waals surface area contributed by atoms with Gasteiger partial charge in [-0.1, -0.05) is 6.08 Å². The van der Waals surface area contributed by atoms with E-state index in [-0.39, 0.29) is 0 Å². The van der Waals surface area contributed by atoms with Crippen molar-refractivity contribution in [2.24, 2.45) is 0 Å². The van der Waals surface area contributed by atoms with Crippen LogP contribution in [0.2, 0.25) is 0 Å². The van der Waals surface area contributed by atoms with E-state index in [0.29, 0.717) is 5.54 Å². The predicted octanol–water partition coefficient (Wildman–Crippen LogP) is 0.568. The summed E-state index contributed by atoms with van der Waals surface area (Å²) in [4.78, 5) is 2.45. The average molecular weight is 138 g/mol. The minimum Gasteiger partial charge on any atom is -0.369 e. The second-order valence-electron chi connectivity index (χ2n) is 3.46. The molecule has 56 valence electrons. The lowest BCUT2D eigenvalue weighted by Crippen LogP contribution is -2.55. The van der Waals surface area contributed by atoms with Gasteiger partial charge in [0, 0.05) is 19.6 Å². The Morgan fingerprint density at radius 1 is 1.60 bits per heavy atom. The molecule has 0 bridgehead atoms. The molecule has 0 amide bonds. The number of nitrogens with one attached hydrogen (secondary N) is 1. The highest BCUT2D eigenvalue weighted by molar-refractivity contribution is 5.08. The summed E-state index contributed by atoms with van der Waals surface area (Å²) in [6.07, 6.45) is 5.72. The molecule has 10 heavy (non-hydrogen) atoms. The summed E-state index contributed by atoms with van der Waals surface area (Å²) in [5.41, 5.74) is 0.401. The quantitative estimate of drug-likeness (QED) is 0.526. The normalized spacial score (nSPS) is 38.3. The lowest BCUT2D eigenvalue weighted by molar-refractivity contribution is 0.149. The first-order valence-corrected chi connectivity index (χ1v) is 3.95. The van der Waals surface area contributed by atoms with Gasteiger partial charge in [-0.2, -0.15) is 0 Å². The molecular formula is C8H14N2. The van der Waals surface area contributed by atoms with Gasteiger partial charge in [-0.25, -0.2) is 0 Å². The van der Waals surface area contributed by atoms with Gasteiger partial charge in [0.1, 0.15) is 0 Å². The molecule has 2 heteroatoms. The van der Waals surface area contributed by atoms with Crippen LogP contribution in [-0.4, -0.2) is 30.1 Å². The Labute approximate surface area is 61.9 Å². The van der Waals surface area contributed by atoms with Gasteiger partial charge < -0.3 is 10.2 Å². The number of fused-ring (bicyclic) bond motifs is 1. The van der Waals surface area contributed by atoms with Crippen molar-refractivity contribution in [2.75, 3.05) is 19.6 Å². The fraction of sp³-hybridized carbons (Fsp3) is 0.750. The third kappa shape index (κ3) is 0.754. The minimum atomic E-state index is 0.401. The first kappa shape index (κ1) is 6.23. The molecule has 1 fully saturated rings. The van der Waals surface area contributed by atoms with Gasteiger partial charge in [0.15, 0.2) is 0 Å². The highest BCUT2D eigenvalue weighted by atomic mass is 15.3. The zero-order chi connectivity index (χ0) is 7.03. The first-order chi connectivity index (χ1) is 4.81. The molecular weight excluding hydrogens is 124 g/mol. The third-order valence-corrected chi connectivity index (χ3v) is 2.57. The molecule has 2 rings (SSSR count). The smallest absolute Gasteiger partial charge is 0.0528 e. The molecule has 0 aliphatic carbocycles. The zero-order valence-electron chi connectivity index (χ0n) is 6.43. The van der Waals surface area contributed by atoms with Crippen molar-refractivity contribution in [1.82, 2.24) is 10.2 Å². The van der Waals surface area contributed by atoms with Crippen LogP contribution in [0, 0.1) is 0 Å². The standard InChI is InChI=1S/C8H14N2/c1-8-3-2-5-10(8)6-4-9-7-8/h2,5,9H,3-4,6-7H2,1H3. The maximum atomic E-state index is 3.42. The monoisotopic (exact) mass is 138 g/mol. The number of nitrogens with zero attached hydrogens (tertiary/aromatic N) is 1. The van der Waals surface area contributed by atoms with E-state index < -0.39 is 0 Å². The van der Waals surface area contributed by atoms with E-state index in [1.54, 1.807) is 0 Å². The lowest BCUT2D eigenvalue weighted by Gasteiger charge is -2.40. The van der Waals surface area contributed by atoms with Crippen molar-refractivity contribution in [2.45, 2.75) is 18.9 Å². The lowest BCUT2D eigenvalue weighted by atomic mass is 9.97. The molecule has 0 saturated carbocycles. The molecule has 1 N–H and O–H groups in total. The third-order valence-electron chi connectivity index (χ3n) is 2.57. The Morgan fingerprint density at radius 2 is 2.50 bits per heavy atom. The van der Waals surface area contributed by atoms with Crippen molar-refractivity contribution in [1.29, 1.82) is 0 Å². The number of hydrogen-bond donors (Lipinski definition) is 1. The summed E-state index contributed by atoms with van der Waals surface area (Å²) in [5.74, 6) is 0. The largest absolute Gasteiger partial charge is 0.369 e. The molecule has 0 radical (unpaired) electrons. The zero-order valence-corrected chi connectivity index (χ0v) is 6.43. The first-order valence-electron chi connectivity index (χ1n) is 3.95. The second-order valence-corrected chi connectivity index (χ2v) is 3.46.